The van der Waals surface area contributed by atoms with Crippen molar-refractivity contribution in [2.24, 2.45) is 0 Å². The third-order valence-electron chi connectivity index (χ3n) is 3.24. The number of amides is 1. The van der Waals surface area contributed by atoms with Crippen LogP contribution in [0.3, 0.4) is 0 Å². The molecule has 0 spiro atoms. The van der Waals surface area contributed by atoms with Gasteiger partial charge < -0.3 is 20.3 Å². The SMILES string of the molecule is CCCC(C)(CO)NCc1ccc(C(=O)N(C)C)[nH]1. The van der Waals surface area contributed by atoms with Crippen LogP contribution in [0.5, 0.6) is 0 Å². The van der Waals surface area contributed by atoms with Crippen LogP contribution in [0.4, 0.5) is 0 Å². The van der Waals surface area contributed by atoms with Crippen LogP contribution in [0, 0.1) is 0 Å². The average Bonchev–Trinajstić information content (AvgIpc) is 2.84. The number of aliphatic hydroxyl groups is 1. The van der Waals surface area contributed by atoms with E-state index in [1.807, 2.05) is 13.0 Å². The zero-order chi connectivity index (χ0) is 14.5. The van der Waals surface area contributed by atoms with Gasteiger partial charge in [0.25, 0.3) is 5.91 Å². The minimum absolute atomic E-state index is 0.0373. The summed E-state index contributed by atoms with van der Waals surface area (Å²) in [6, 6.07) is 3.68. The van der Waals surface area contributed by atoms with Gasteiger partial charge in [0.1, 0.15) is 5.69 Å². The first-order chi connectivity index (χ1) is 8.91. The van der Waals surface area contributed by atoms with Crippen molar-refractivity contribution >= 4 is 5.91 Å². The number of hydrogen-bond donors (Lipinski definition) is 3. The van der Waals surface area contributed by atoms with Crippen molar-refractivity contribution in [1.29, 1.82) is 0 Å². The summed E-state index contributed by atoms with van der Waals surface area (Å²) in [5, 5.41) is 12.8. The van der Waals surface area contributed by atoms with Crippen LogP contribution >= 0.6 is 0 Å². The van der Waals surface area contributed by atoms with E-state index in [9.17, 15) is 9.90 Å². The lowest BCUT2D eigenvalue weighted by Gasteiger charge is -2.28. The van der Waals surface area contributed by atoms with Crippen molar-refractivity contribution in [1.82, 2.24) is 15.2 Å². The molecule has 3 N–H and O–H groups in total. The molecule has 0 fully saturated rings. The van der Waals surface area contributed by atoms with Gasteiger partial charge in [-0.1, -0.05) is 13.3 Å². The van der Waals surface area contributed by atoms with Crippen LogP contribution in [0.2, 0.25) is 0 Å². The average molecular weight is 267 g/mol. The molecule has 1 rings (SSSR count). The summed E-state index contributed by atoms with van der Waals surface area (Å²) >= 11 is 0. The van der Waals surface area contributed by atoms with E-state index in [2.05, 4.69) is 17.2 Å². The molecule has 0 aliphatic rings. The van der Waals surface area contributed by atoms with Crippen molar-refractivity contribution < 1.29 is 9.90 Å². The lowest BCUT2D eigenvalue weighted by molar-refractivity contribution is 0.0822. The fourth-order valence-corrected chi connectivity index (χ4v) is 1.99. The van der Waals surface area contributed by atoms with Gasteiger partial charge in [0, 0.05) is 31.9 Å². The standard InChI is InChI=1S/C14H25N3O2/c1-5-8-14(2,10-18)15-9-11-6-7-12(16-11)13(19)17(3)4/h6-7,15-16,18H,5,8-10H2,1-4H3. The van der Waals surface area contributed by atoms with Crippen molar-refractivity contribution in [3.8, 4) is 0 Å². The quantitative estimate of drug-likeness (QED) is 0.698. The van der Waals surface area contributed by atoms with Crippen LogP contribution in [-0.4, -0.2) is 47.1 Å². The van der Waals surface area contributed by atoms with Gasteiger partial charge in [0.2, 0.25) is 0 Å². The highest BCUT2D eigenvalue weighted by atomic mass is 16.3. The summed E-state index contributed by atoms with van der Waals surface area (Å²) < 4.78 is 0. The van der Waals surface area contributed by atoms with Crippen LogP contribution < -0.4 is 5.32 Å². The molecular weight excluding hydrogens is 242 g/mol. The molecule has 1 heterocycles. The molecule has 1 aromatic rings. The number of aliphatic hydroxyl groups excluding tert-OH is 1. The number of nitrogens with one attached hydrogen (secondary N) is 2. The number of rotatable bonds is 7. The Kier molecular flexibility index (Phi) is 5.57. The summed E-state index contributed by atoms with van der Waals surface area (Å²) in [6.07, 6.45) is 1.92. The van der Waals surface area contributed by atoms with Crippen molar-refractivity contribution in [3.63, 3.8) is 0 Å². The molecule has 5 heteroatoms. The Morgan fingerprint density at radius 3 is 2.68 bits per heavy atom. The maximum Gasteiger partial charge on any atom is 0.269 e. The molecule has 0 saturated heterocycles. The second kappa shape index (κ2) is 6.73. The first-order valence-corrected chi connectivity index (χ1v) is 6.67. The number of hydrogen-bond acceptors (Lipinski definition) is 3. The maximum atomic E-state index is 11.8. The van der Waals surface area contributed by atoms with Crippen molar-refractivity contribution in [2.75, 3.05) is 20.7 Å². The predicted molar refractivity (Wildman–Crippen MR) is 76.0 cm³/mol. The zero-order valence-electron chi connectivity index (χ0n) is 12.3. The van der Waals surface area contributed by atoms with E-state index in [0.717, 1.165) is 18.5 Å². The summed E-state index contributed by atoms with van der Waals surface area (Å²) in [5.41, 5.74) is 1.26. The largest absolute Gasteiger partial charge is 0.394 e. The van der Waals surface area contributed by atoms with Crippen molar-refractivity contribution in [2.45, 2.75) is 38.8 Å². The van der Waals surface area contributed by atoms with Crippen LogP contribution in [0.25, 0.3) is 0 Å². The topological polar surface area (TPSA) is 68.4 Å². The molecule has 1 amide bonds. The molecule has 19 heavy (non-hydrogen) atoms. The molecule has 5 nitrogen and oxygen atoms in total. The van der Waals surface area contributed by atoms with Crippen LogP contribution in [-0.2, 0) is 6.54 Å². The molecule has 0 aliphatic heterocycles. The second-order valence-corrected chi connectivity index (χ2v) is 5.42. The van der Waals surface area contributed by atoms with Gasteiger partial charge in [-0.3, -0.25) is 4.79 Å². The normalized spacial score (nSPS) is 14.2. The fraction of sp³-hybridized carbons (Fsp3) is 0.643. The van der Waals surface area contributed by atoms with E-state index in [0.29, 0.717) is 12.2 Å². The minimum Gasteiger partial charge on any atom is -0.394 e. The molecule has 1 unspecified atom stereocenters. The summed E-state index contributed by atoms with van der Waals surface area (Å²) in [7, 11) is 3.45. The van der Waals surface area contributed by atoms with Gasteiger partial charge >= 0.3 is 0 Å². The Morgan fingerprint density at radius 2 is 2.16 bits per heavy atom. The van der Waals surface area contributed by atoms with Gasteiger partial charge in [0.15, 0.2) is 0 Å². The first-order valence-electron chi connectivity index (χ1n) is 6.67. The summed E-state index contributed by atoms with van der Waals surface area (Å²) in [4.78, 5) is 16.4. The Balaban J connectivity index is 2.61. The lowest BCUT2D eigenvalue weighted by Crippen LogP contribution is -2.45. The highest BCUT2D eigenvalue weighted by Crippen LogP contribution is 2.13. The van der Waals surface area contributed by atoms with Gasteiger partial charge in [-0.25, -0.2) is 0 Å². The molecule has 0 saturated carbocycles. The lowest BCUT2D eigenvalue weighted by atomic mass is 9.97. The highest BCUT2D eigenvalue weighted by molar-refractivity contribution is 5.92. The maximum absolute atomic E-state index is 11.8. The molecular formula is C14H25N3O2. The van der Waals surface area contributed by atoms with E-state index in [4.69, 9.17) is 0 Å². The predicted octanol–water partition coefficient (Wildman–Crippen LogP) is 1.36. The molecule has 0 bridgehead atoms. The van der Waals surface area contributed by atoms with E-state index in [-0.39, 0.29) is 18.1 Å². The molecule has 1 aromatic heterocycles. The third-order valence-corrected chi connectivity index (χ3v) is 3.24. The van der Waals surface area contributed by atoms with Gasteiger partial charge in [-0.05, 0) is 25.5 Å². The molecule has 0 radical (unpaired) electrons. The first kappa shape index (κ1) is 15.7. The Morgan fingerprint density at radius 1 is 1.47 bits per heavy atom. The fourth-order valence-electron chi connectivity index (χ4n) is 1.99. The number of carbonyl (C=O) groups excluding carboxylic acids is 1. The van der Waals surface area contributed by atoms with Gasteiger partial charge in [0.05, 0.1) is 6.61 Å². The zero-order valence-corrected chi connectivity index (χ0v) is 12.3. The summed E-state index contributed by atoms with van der Waals surface area (Å²) in [6.45, 7) is 4.81. The van der Waals surface area contributed by atoms with E-state index < -0.39 is 0 Å². The molecule has 1 atom stereocenters. The number of carbonyl (C=O) groups is 1. The van der Waals surface area contributed by atoms with Crippen LogP contribution in [0.15, 0.2) is 12.1 Å². The smallest absolute Gasteiger partial charge is 0.269 e. The second-order valence-electron chi connectivity index (χ2n) is 5.42. The monoisotopic (exact) mass is 267 g/mol. The Bertz CT molecular complexity index is 415. The molecule has 0 aliphatic carbocycles. The molecule has 108 valence electrons. The van der Waals surface area contributed by atoms with E-state index >= 15 is 0 Å². The Hall–Kier alpha value is -1.33. The number of H-pyrrole nitrogens is 1. The minimum atomic E-state index is -0.272. The molecule has 0 aromatic carbocycles. The number of nitrogens with zero attached hydrogens (tertiary/aromatic N) is 1. The van der Waals surface area contributed by atoms with Crippen molar-refractivity contribution in [3.05, 3.63) is 23.5 Å². The number of aromatic nitrogens is 1. The van der Waals surface area contributed by atoms with E-state index in [1.165, 1.54) is 4.90 Å². The third kappa shape index (κ3) is 4.36. The highest BCUT2D eigenvalue weighted by Gasteiger charge is 2.21. The van der Waals surface area contributed by atoms with E-state index in [1.54, 1.807) is 20.2 Å². The summed E-state index contributed by atoms with van der Waals surface area (Å²) in [5.74, 6) is -0.0373. The Labute approximate surface area is 115 Å². The van der Waals surface area contributed by atoms with Gasteiger partial charge in [-0.2, -0.15) is 0 Å². The van der Waals surface area contributed by atoms with Crippen LogP contribution in [0.1, 0.15) is 42.9 Å². The van der Waals surface area contributed by atoms with Gasteiger partial charge in [-0.15, -0.1) is 0 Å². The number of aromatic amines is 1.